The summed E-state index contributed by atoms with van der Waals surface area (Å²) in [5.41, 5.74) is 0.744. The summed E-state index contributed by atoms with van der Waals surface area (Å²) < 4.78 is 10.5. The first-order chi connectivity index (χ1) is 7.58. The molecule has 4 heteroatoms. The largest absolute Gasteiger partial charge is 0.493 e. The fourth-order valence-corrected chi connectivity index (χ4v) is 1.26. The van der Waals surface area contributed by atoms with Gasteiger partial charge in [0.05, 0.1) is 13.2 Å². The van der Waals surface area contributed by atoms with Crippen LogP contribution >= 0.6 is 0 Å². The van der Waals surface area contributed by atoms with Gasteiger partial charge in [0.15, 0.2) is 17.6 Å². The van der Waals surface area contributed by atoms with Gasteiger partial charge in [-0.3, -0.25) is 0 Å². The first kappa shape index (κ1) is 12.3. The van der Waals surface area contributed by atoms with Gasteiger partial charge in [0, 0.05) is 0 Å². The fourth-order valence-electron chi connectivity index (χ4n) is 1.26. The van der Waals surface area contributed by atoms with Crippen molar-refractivity contribution in [3.63, 3.8) is 0 Å². The Morgan fingerprint density at radius 3 is 2.50 bits per heavy atom. The summed E-state index contributed by atoms with van der Waals surface area (Å²) in [5, 5.41) is 18.1. The number of methoxy groups -OCH3 is 1. The number of hydrogen-bond donors (Lipinski definition) is 1. The zero-order valence-corrected chi connectivity index (χ0v) is 9.60. The Balaban J connectivity index is 2.98. The maximum Gasteiger partial charge on any atom is 0.181 e. The number of rotatable bonds is 4. The average molecular weight is 221 g/mol. The molecule has 0 fully saturated rings. The lowest BCUT2D eigenvalue weighted by molar-refractivity contribution is 0.198. The van der Waals surface area contributed by atoms with Crippen LogP contribution in [0.25, 0.3) is 0 Å². The lowest BCUT2D eigenvalue weighted by atomic mass is 10.1. The van der Waals surface area contributed by atoms with Gasteiger partial charge >= 0.3 is 0 Å². The van der Waals surface area contributed by atoms with Crippen LogP contribution in [0.1, 0.15) is 25.5 Å². The normalized spacial score (nSPS) is 13.7. The van der Waals surface area contributed by atoms with Crippen LogP contribution in [0.4, 0.5) is 0 Å². The molecule has 0 aliphatic carbocycles. The molecule has 2 atom stereocenters. The average Bonchev–Trinajstić information content (AvgIpc) is 2.29. The third-order valence-electron chi connectivity index (χ3n) is 2.16. The number of ether oxygens (including phenoxy) is 2. The highest BCUT2D eigenvalue weighted by atomic mass is 16.5. The van der Waals surface area contributed by atoms with E-state index in [4.69, 9.17) is 14.7 Å². The lowest BCUT2D eigenvalue weighted by Crippen LogP contribution is -2.09. The van der Waals surface area contributed by atoms with E-state index in [0.29, 0.717) is 11.5 Å². The molecule has 0 aliphatic heterocycles. The van der Waals surface area contributed by atoms with Crippen molar-refractivity contribution in [2.24, 2.45) is 0 Å². The van der Waals surface area contributed by atoms with Gasteiger partial charge in [-0.2, -0.15) is 5.26 Å². The molecule has 0 amide bonds. The minimum Gasteiger partial charge on any atom is -0.493 e. The zero-order valence-electron chi connectivity index (χ0n) is 9.60. The molecule has 0 saturated heterocycles. The quantitative estimate of drug-likeness (QED) is 0.845. The van der Waals surface area contributed by atoms with Crippen LogP contribution in [0.2, 0.25) is 0 Å². The highest BCUT2D eigenvalue weighted by Crippen LogP contribution is 2.30. The van der Waals surface area contributed by atoms with E-state index in [2.05, 4.69) is 0 Å². The molecule has 0 aromatic heterocycles. The standard InChI is InChI=1S/C12H15NO3/c1-8(7-13)16-11-5-4-10(9(2)14)6-12(11)15-3/h4-6,8-9,14H,1-3H3/t8?,9-/m0/s1. The van der Waals surface area contributed by atoms with E-state index in [1.54, 1.807) is 32.0 Å². The van der Waals surface area contributed by atoms with Gasteiger partial charge in [0.25, 0.3) is 0 Å². The molecule has 86 valence electrons. The highest BCUT2D eigenvalue weighted by Gasteiger charge is 2.10. The Hall–Kier alpha value is -1.73. The molecule has 0 heterocycles. The monoisotopic (exact) mass is 221 g/mol. The Labute approximate surface area is 95.0 Å². The van der Waals surface area contributed by atoms with E-state index >= 15 is 0 Å². The van der Waals surface area contributed by atoms with E-state index in [0.717, 1.165) is 5.56 Å². The van der Waals surface area contributed by atoms with E-state index in [-0.39, 0.29) is 0 Å². The number of aliphatic hydroxyl groups excluding tert-OH is 1. The number of hydrogen-bond acceptors (Lipinski definition) is 4. The SMILES string of the molecule is COc1cc([C@H](C)O)ccc1OC(C)C#N. The minimum atomic E-state index is -0.559. The second-order valence-corrected chi connectivity index (χ2v) is 3.48. The topological polar surface area (TPSA) is 62.5 Å². The second-order valence-electron chi connectivity index (χ2n) is 3.48. The summed E-state index contributed by atoms with van der Waals surface area (Å²) in [7, 11) is 1.52. The van der Waals surface area contributed by atoms with Crippen LogP contribution in [0.15, 0.2) is 18.2 Å². The Kier molecular flexibility index (Phi) is 4.15. The predicted octanol–water partition coefficient (Wildman–Crippen LogP) is 2.04. The maximum atomic E-state index is 9.41. The molecular formula is C12H15NO3. The van der Waals surface area contributed by atoms with Crippen molar-refractivity contribution in [2.45, 2.75) is 26.1 Å². The molecule has 0 bridgehead atoms. The van der Waals surface area contributed by atoms with Crippen LogP contribution in [0.3, 0.4) is 0 Å². The molecule has 16 heavy (non-hydrogen) atoms. The second kappa shape index (κ2) is 5.38. The van der Waals surface area contributed by atoms with Crippen molar-refractivity contribution in [3.8, 4) is 17.6 Å². The van der Waals surface area contributed by atoms with Crippen molar-refractivity contribution >= 4 is 0 Å². The third kappa shape index (κ3) is 2.88. The highest BCUT2D eigenvalue weighted by molar-refractivity contribution is 5.43. The lowest BCUT2D eigenvalue weighted by Gasteiger charge is -2.14. The first-order valence-corrected chi connectivity index (χ1v) is 5.00. The zero-order chi connectivity index (χ0) is 12.1. The number of benzene rings is 1. The van der Waals surface area contributed by atoms with Crippen LogP contribution in [0, 0.1) is 11.3 Å². The predicted molar refractivity (Wildman–Crippen MR) is 59.3 cm³/mol. The molecule has 0 saturated carbocycles. The first-order valence-electron chi connectivity index (χ1n) is 5.00. The summed E-state index contributed by atoms with van der Waals surface area (Å²) in [5.74, 6) is 1.02. The molecule has 1 unspecified atom stereocenters. The van der Waals surface area contributed by atoms with Crippen molar-refractivity contribution < 1.29 is 14.6 Å². The molecule has 1 aromatic carbocycles. The molecule has 1 N–H and O–H groups in total. The third-order valence-corrected chi connectivity index (χ3v) is 2.16. The minimum absolute atomic E-state index is 0.501. The number of nitriles is 1. The molecule has 1 rings (SSSR count). The number of nitrogens with zero attached hydrogens (tertiary/aromatic N) is 1. The smallest absolute Gasteiger partial charge is 0.181 e. The Morgan fingerprint density at radius 1 is 1.31 bits per heavy atom. The molecule has 0 spiro atoms. The van der Waals surface area contributed by atoms with Gasteiger partial charge in [0.2, 0.25) is 0 Å². The number of aliphatic hydroxyl groups is 1. The van der Waals surface area contributed by atoms with Crippen LogP contribution < -0.4 is 9.47 Å². The summed E-state index contributed by atoms with van der Waals surface area (Å²) in [4.78, 5) is 0. The summed E-state index contributed by atoms with van der Waals surface area (Å²) >= 11 is 0. The molecule has 0 aliphatic rings. The van der Waals surface area contributed by atoms with Crippen molar-refractivity contribution in [2.75, 3.05) is 7.11 Å². The van der Waals surface area contributed by atoms with Crippen LogP contribution in [-0.2, 0) is 0 Å². The molecule has 4 nitrogen and oxygen atoms in total. The van der Waals surface area contributed by atoms with Gasteiger partial charge in [-0.05, 0) is 31.5 Å². The van der Waals surface area contributed by atoms with Crippen molar-refractivity contribution in [1.29, 1.82) is 5.26 Å². The van der Waals surface area contributed by atoms with Crippen molar-refractivity contribution in [3.05, 3.63) is 23.8 Å². The van der Waals surface area contributed by atoms with Gasteiger partial charge in [-0.1, -0.05) is 6.07 Å². The molecule has 1 aromatic rings. The van der Waals surface area contributed by atoms with Gasteiger partial charge < -0.3 is 14.6 Å². The maximum absolute atomic E-state index is 9.41. The summed E-state index contributed by atoms with van der Waals surface area (Å²) in [6.45, 7) is 3.33. The van der Waals surface area contributed by atoms with E-state index in [1.165, 1.54) is 7.11 Å². The van der Waals surface area contributed by atoms with Gasteiger partial charge in [-0.25, -0.2) is 0 Å². The van der Waals surface area contributed by atoms with E-state index < -0.39 is 12.2 Å². The molecule has 0 radical (unpaired) electrons. The van der Waals surface area contributed by atoms with Gasteiger partial charge in [-0.15, -0.1) is 0 Å². The Bertz CT molecular complexity index is 396. The van der Waals surface area contributed by atoms with Crippen molar-refractivity contribution in [1.82, 2.24) is 0 Å². The fraction of sp³-hybridized carbons (Fsp3) is 0.417. The Morgan fingerprint density at radius 2 is 2.00 bits per heavy atom. The van der Waals surface area contributed by atoms with Crippen LogP contribution in [-0.4, -0.2) is 18.3 Å². The van der Waals surface area contributed by atoms with E-state index in [1.807, 2.05) is 6.07 Å². The summed E-state index contributed by atoms with van der Waals surface area (Å²) in [6, 6.07) is 7.11. The summed E-state index contributed by atoms with van der Waals surface area (Å²) in [6.07, 6.45) is -1.09. The van der Waals surface area contributed by atoms with E-state index in [9.17, 15) is 5.11 Å². The molecular weight excluding hydrogens is 206 g/mol. The van der Waals surface area contributed by atoms with Crippen LogP contribution in [0.5, 0.6) is 11.5 Å². The van der Waals surface area contributed by atoms with Gasteiger partial charge in [0.1, 0.15) is 6.07 Å².